The van der Waals surface area contributed by atoms with Gasteiger partial charge in [0.25, 0.3) is 0 Å². The Bertz CT molecular complexity index is 859. The van der Waals surface area contributed by atoms with Crippen LogP contribution in [0.3, 0.4) is 0 Å². The first-order valence-corrected chi connectivity index (χ1v) is 10.0. The number of fused-ring (bicyclic) bond motifs is 1. The summed E-state index contributed by atoms with van der Waals surface area (Å²) in [5, 5.41) is 8.72. The fraction of sp³-hybridized carbons (Fsp3) is 0.467. The maximum absolute atomic E-state index is 12.0. The number of benzene rings is 1. The van der Waals surface area contributed by atoms with E-state index < -0.39 is 10.0 Å². The fourth-order valence-corrected chi connectivity index (χ4v) is 3.39. The van der Waals surface area contributed by atoms with E-state index in [1.165, 1.54) is 23.9 Å². The SMILES string of the molecule is CC(C)C(C)NC(=O)CSc1nc2cc(S(N)(=O)=O)ccc2n1C. The summed E-state index contributed by atoms with van der Waals surface area (Å²) >= 11 is 1.31. The molecule has 0 saturated heterocycles. The van der Waals surface area contributed by atoms with Crippen molar-refractivity contribution in [2.24, 2.45) is 18.1 Å². The predicted octanol–water partition coefficient (Wildman–Crippen LogP) is 1.47. The Morgan fingerprint density at radius 1 is 1.38 bits per heavy atom. The predicted molar refractivity (Wildman–Crippen MR) is 95.3 cm³/mol. The molecule has 24 heavy (non-hydrogen) atoms. The van der Waals surface area contributed by atoms with Gasteiger partial charge in [-0.05, 0) is 31.0 Å². The Labute approximate surface area is 146 Å². The van der Waals surface area contributed by atoms with E-state index in [0.717, 1.165) is 5.52 Å². The molecule has 1 aromatic carbocycles. The number of nitrogens with zero attached hydrogens (tertiary/aromatic N) is 2. The van der Waals surface area contributed by atoms with Crippen LogP contribution in [-0.4, -0.2) is 35.7 Å². The highest BCUT2D eigenvalue weighted by molar-refractivity contribution is 7.99. The number of hydrogen-bond donors (Lipinski definition) is 2. The molecule has 0 aliphatic carbocycles. The van der Waals surface area contributed by atoms with Crippen LogP contribution < -0.4 is 10.5 Å². The van der Waals surface area contributed by atoms with Crippen molar-refractivity contribution in [1.29, 1.82) is 0 Å². The van der Waals surface area contributed by atoms with Crippen molar-refractivity contribution in [1.82, 2.24) is 14.9 Å². The van der Waals surface area contributed by atoms with Gasteiger partial charge in [-0.25, -0.2) is 18.5 Å². The average Bonchev–Trinajstić information content (AvgIpc) is 2.80. The first-order valence-electron chi connectivity index (χ1n) is 7.51. The van der Waals surface area contributed by atoms with Crippen molar-refractivity contribution in [3.63, 3.8) is 0 Å². The van der Waals surface area contributed by atoms with Gasteiger partial charge in [-0.15, -0.1) is 0 Å². The zero-order valence-corrected chi connectivity index (χ0v) is 15.7. The summed E-state index contributed by atoms with van der Waals surface area (Å²) in [4.78, 5) is 16.4. The molecule has 1 heterocycles. The van der Waals surface area contributed by atoms with Crippen molar-refractivity contribution in [3.05, 3.63) is 18.2 Å². The van der Waals surface area contributed by atoms with Crippen LogP contribution in [0.1, 0.15) is 20.8 Å². The number of aromatic nitrogens is 2. The van der Waals surface area contributed by atoms with E-state index in [9.17, 15) is 13.2 Å². The summed E-state index contributed by atoms with van der Waals surface area (Å²) in [6.07, 6.45) is 0. The third-order valence-corrected chi connectivity index (χ3v) is 5.80. The molecule has 132 valence electrons. The number of primary sulfonamides is 1. The number of sulfonamides is 1. The number of nitrogens with two attached hydrogens (primary N) is 1. The van der Waals surface area contributed by atoms with Crippen LogP contribution in [-0.2, 0) is 21.9 Å². The van der Waals surface area contributed by atoms with E-state index in [1.807, 2.05) is 32.4 Å². The van der Waals surface area contributed by atoms with E-state index in [-0.39, 0.29) is 22.6 Å². The molecule has 2 rings (SSSR count). The minimum Gasteiger partial charge on any atom is -0.353 e. The highest BCUT2D eigenvalue weighted by atomic mass is 32.2. The fourth-order valence-electron chi connectivity index (χ4n) is 2.06. The lowest BCUT2D eigenvalue weighted by molar-refractivity contribution is -0.119. The second-order valence-corrected chi connectivity index (χ2v) is 8.54. The molecule has 9 heteroatoms. The van der Waals surface area contributed by atoms with Crippen molar-refractivity contribution in [3.8, 4) is 0 Å². The monoisotopic (exact) mass is 370 g/mol. The lowest BCUT2D eigenvalue weighted by Gasteiger charge is -2.17. The van der Waals surface area contributed by atoms with Gasteiger partial charge in [-0.1, -0.05) is 25.6 Å². The van der Waals surface area contributed by atoms with Crippen molar-refractivity contribution in [2.75, 3.05) is 5.75 Å². The molecule has 0 radical (unpaired) electrons. The molecule has 1 amide bonds. The lowest BCUT2D eigenvalue weighted by atomic mass is 10.1. The second-order valence-electron chi connectivity index (χ2n) is 6.04. The topological polar surface area (TPSA) is 107 Å². The van der Waals surface area contributed by atoms with E-state index >= 15 is 0 Å². The molecule has 0 spiro atoms. The highest BCUT2D eigenvalue weighted by Gasteiger charge is 2.15. The van der Waals surface area contributed by atoms with Gasteiger partial charge in [0.2, 0.25) is 15.9 Å². The minimum absolute atomic E-state index is 0.0214. The highest BCUT2D eigenvalue weighted by Crippen LogP contribution is 2.24. The molecule has 2 aromatic rings. The molecular weight excluding hydrogens is 348 g/mol. The molecule has 0 saturated carbocycles. The van der Waals surface area contributed by atoms with Gasteiger partial charge in [0.1, 0.15) is 0 Å². The molecule has 0 aliphatic heterocycles. The van der Waals surface area contributed by atoms with E-state index in [0.29, 0.717) is 16.6 Å². The summed E-state index contributed by atoms with van der Waals surface area (Å²) in [6.45, 7) is 6.07. The standard InChI is InChI=1S/C15H22N4O3S2/c1-9(2)10(3)17-14(20)8-23-15-18-12-7-11(24(16,21)22)5-6-13(12)19(15)4/h5-7,9-10H,8H2,1-4H3,(H,17,20)(H2,16,21,22). The zero-order valence-electron chi connectivity index (χ0n) is 14.1. The molecule has 0 bridgehead atoms. The van der Waals surface area contributed by atoms with Gasteiger partial charge in [0, 0.05) is 13.1 Å². The van der Waals surface area contributed by atoms with E-state index in [2.05, 4.69) is 10.3 Å². The first kappa shape index (κ1) is 18.8. The largest absolute Gasteiger partial charge is 0.353 e. The van der Waals surface area contributed by atoms with Crippen LogP contribution in [0.25, 0.3) is 11.0 Å². The van der Waals surface area contributed by atoms with Crippen LogP contribution >= 0.6 is 11.8 Å². The van der Waals surface area contributed by atoms with Gasteiger partial charge in [0.15, 0.2) is 5.16 Å². The first-order chi connectivity index (χ1) is 11.1. The summed E-state index contributed by atoms with van der Waals surface area (Å²) in [5.41, 5.74) is 1.31. The number of amides is 1. The van der Waals surface area contributed by atoms with Crippen LogP contribution in [0, 0.1) is 5.92 Å². The molecule has 7 nitrogen and oxygen atoms in total. The molecule has 1 aromatic heterocycles. The Morgan fingerprint density at radius 2 is 2.04 bits per heavy atom. The Kier molecular flexibility index (Phi) is 5.56. The zero-order chi connectivity index (χ0) is 18.1. The van der Waals surface area contributed by atoms with E-state index in [4.69, 9.17) is 5.14 Å². The Hall–Kier alpha value is -1.58. The normalized spacial score (nSPS) is 13.4. The van der Waals surface area contributed by atoms with Crippen molar-refractivity contribution in [2.45, 2.75) is 36.9 Å². The quantitative estimate of drug-likeness (QED) is 0.749. The van der Waals surface area contributed by atoms with Crippen LogP contribution in [0.4, 0.5) is 0 Å². The maximum atomic E-state index is 12.0. The Balaban J connectivity index is 2.15. The number of rotatable bonds is 6. The van der Waals surface area contributed by atoms with E-state index in [1.54, 1.807) is 6.07 Å². The van der Waals surface area contributed by atoms with Crippen LogP contribution in [0.15, 0.2) is 28.3 Å². The molecule has 0 fully saturated rings. The van der Waals surface area contributed by atoms with Crippen LogP contribution in [0.5, 0.6) is 0 Å². The number of carbonyl (C=O) groups is 1. The molecule has 1 atom stereocenters. The number of aryl methyl sites for hydroxylation is 1. The van der Waals surface area contributed by atoms with Crippen molar-refractivity contribution >= 4 is 38.7 Å². The van der Waals surface area contributed by atoms with Crippen LogP contribution in [0.2, 0.25) is 0 Å². The summed E-state index contributed by atoms with van der Waals surface area (Å²) in [5.74, 6) is 0.556. The minimum atomic E-state index is -3.77. The number of thioether (sulfide) groups is 1. The number of carbonyl (C=O) groups excluding carboxylic acids is 1. The molecule has 3 N–H and O–H groups in total. The van der Waals surface area contributed by atoms with Crippen molar-refractivity contribution < 1.29 is 13.2 Å². The second kappa shape index (κ2) is 7.12. The van der Waals surface area contributed by atoms with Gasteiger partial charge in [-0.3, -0.25) is 4.79 Å². The third kappa shape index (κ3) is 4.28. The van der Waals surface area contributed by atoms with Gasteiger partial charge < -0.3 is 9.88 Å². The smallest absolute Gasteiger partial charge is 0.238 e. The van der Waals surface area contributed by atoms with Gasteiger partial charge in [-0.2, -0.15) is 0 Å². The third-order valence-electron chi connectivity index (χ3n) is 3.86. The molecular formula is C15H22N4O3S2. The summed E-state index contributed by atoms with van der Waals surface area (Å²) in [6, 6.07) is 4.66. The lowest BCUT2D eigenvalue weighted by Crippen LogP contribution is -2.37. The average molecular weight is 371 g/mol. The molecule has 0 aliphatic rings. The number of hydrogen-bond acceptors (Lipinski definition) is 5. The number of nitrogens with one attached hydrogen (secondary N) is 1. The van der Waals surface area contributed by atoms with Gasteiger partial charge in [0.05, 0.1) is 21.7 Å². The Morgan fingerprint density at radius 3 is 2.62 bits per heavy atom. The number of imidazole rings is 1. The summed E-state index contributed by atoms with van der Waals surface area (Å²) < 4.78 is 24.7. The summed E-state index contributed by atoms with van der Waals surface area (Å²) in [7, 11) is -1.94. The van der Waals surface area contributed by atoms with Gasteiger partial charge >= 0.3 is 0 Å². The maximum Gasteiger partial charge on any atom is 0.238 e. The molecule has 1 unspecified atom stereocenters.